The predicted molar refractivity (Wildman–Crippen MR) is 103 cm³/mol. The van der Waals surface area contributed by atoms with Crippen molar-refractivity contribution in [2.45, 2.75) is 0 Å². The van der Waals surface area contributed by atoms with Gasteiger partial charge in [0.25, 0.3) is 0 Å². The standard InChI is InChI=1S/C19H18N8/c1-2-5-16-15(4-1)19(21-14-20-16)26-12-10-25(11-13-26)17-6-7-18(24-23-17)27-9-3-8-22-27/h1-9,14H,10-13H2. The third-order valence-corrected chi connectivity index (χ3v) is 4.80. The fraction of sp³-hybridized carbons (Fsp3) is 0.211. The molecule has 1 fully saturated rings. The molecule has 0 bridgehead atoms. The Morgan fingerprint density at radius 2 is 1.52 bits per heavy atom. The minimum Gasteiger partial charge on any atom is -0.352 e. The summed E-state index contributed by atoms with van der Waals surface area (Å²) in [6.07, 6.45) is 5.23. The summed E-state index contributed by atoms with van der Waals surface area (Å²) >= 11 is 0. The summed E-state index contributed by atoms with van der Waals surface area (Å²) in [5, 5.41) is 13.9. The largest absolute Gasteiger partial charge is 0.352 e. The first-order valence-electron chi connectivity index (χ1n) is 8.92. The van der Waals surface area contributed by atoms with Gasteiger partial charge in [0.2, 0.25) is 0 Å². The number of piperazine rings is 1. The van der Waals surface area contributed by atoms with Gasteiger partial charge in [-0.3, -0.25) is 0 Å². The molecule has 1 aliphatic heterocycles. The lowest BCUT2D eigenvalue weighted by Crippen LogP contribution is -2.47. The van der Waals surface area contributed by atoms with Crippen LogP contribution in [-0.4, -0.2) is 56.1 Å². The van der Waals surface area contributed by atoms with Crippen LogP contribution in [0.5, 0.6) is 0 Å². The molecule has 5 rings (SSSR count). The van der Waals surface area contributed by atoms with Crippen LogP contribution in [0.4, 0.5) is 11.6 Å². The quantitative estimate of drug-likeness (QED) is 0.554. The summed E-state index contributed by atoms with van der Waals surface area (Å²) in [4.78, 5) is 13.4. The fourth-order valence-corrected chi connectivity index (χ4v) is 3.40. The zero-order chi connectivity index (χ0) is 18.1. The van der Waals surface area contributed by atoms with Gasteiger partial charge in [0.05, 0.1) is 5.52 Å². The second-order valence-electron chi connectivity index (χ2n) is 6.39. The molecule has 0 spiro atoms. The summed E-state index contributed by atoms with van der Waals surface area (Å²) in [7, 11) is 0. The van der Waals surface area contributed by atoms with E-state index >= 15 is 0 Å². The number of rotatable bonds is 3. The van der Waals surface area contributed by atoms with Gasteiger partial charge < -0.3 is 9.80 Å². The molecule has 0 atom stereocenters. The zero-order valence-corrected chi connectivity index (χ0v) is 14.7. The number of benzene rings is 1. The molecule has 1 aromatic carbocycles. The number of nitrogens with zero attached hydrogens (tertiary/aromatic N) is 8. The average molecular weight is 358 g/mol. The van der Waals surface area contributed by atoms with E-state index in [1.807, 2.05) is 42.6 Å². The molecule has 0 aliphatic carbocycles. The van der Waals surface area contributed by atoms with Crippen LogP contribution in [0.15, 0.2) is 61.2 Å². The summed E-state index contributed by atoms with van der Waals surface area (Å²) in [5.41, 5.74) is 0.977. The van der Waals surface area contributed by atoms with Crippen LogP contribution < -0.4 is 9.80 Å². The van der Waals surface area contributed by atoms with Crippen molar-refractivity contribution in [3.8, 4) is 5.82 Å². The molecule has 0 amide bonds. The molecule has 0 N–H and O–H groups in total. The van der Waals surface area contributed by atoms with Crippen molar-refractivity contribution >= 4 is 22.5 Å². The molecule has 27 heavy (non-hydrogen) atoms. The minimum absolute atomic E-state index is 0.717. The fourth-order valence-electron chi connectivity index (χ4n) is 3.40. The Hall–Kier alpha value is -3.55. The third-order valence-electron chi connectivity index (χ3n) is 4.80. The van der Waals surface area contributed by atoms with Crippen LogP contribution in [-0.2, 0) is 0 Å². The van der Waals surface area contributed by atoms with Crippen molar-refractivity contribution in [3.05, 3.63) is 61.2 Å². The van der Waals surface area contributed by atoms with Crippen LogP contribution in [0, 0.1) is 0 Å². The maximum atomic E-state index is 4.53. The highest BCUT2D eigenvalue weighted by Crippen LogP contribution is 2.24. The molecular formula is C19H18N8. The van der Waals surface area contributed by atoms with E-state index in [2.05, 4.69) is 41.1 Å². The first-order chi connectivity index (χ1) is 13.4. The second-order valence-corrected chi connectivity index (χ2v) is 6.39. The molecule has 0 saturated carbocycles. The van der Waals surface area contributed by atoms with Crippen LogP contribution in [0.2, 0.25) is 0 Å². The van der Waals surface area contributed by atoms with E-state index in [1.54, 1.807) is 17.2 Å². The van der Waals surface area contributed by atoms with E-state index in [9.17, 15) is 0 Å². The van der Waals surface area contributed by atoms with E-state index in [-0.39, 0.29) is 0 Å². The number of fused-ring (bicyclic) bond motifs is 1. The van der Waals surface area contributed by atoms with E-state index < -0.39 is 0 Å². The monoisotopic (exact) mass is 358 g/mol. The molecule has 134 valence electrons. The molecule has 4 aromatic rings. The first-order valence-corrected chi connectivity index (χ1v) is 8.92. The number of anilines is 2. The molecule has 1 saturated heterocycles. The Balaban J connectivity index is 1.31. The van der Waals surface area contributed by atoms with Crippen molar-refractivity contribution in [2.75, 3.05) is 36.0 Å². The van der Waals surface area contributed by atoms with Gasteiger partial charge in [0.15, 0.2) is 11.6 Å². The number of aromatic nitrogens is 6. The molecule has 3 aromatic heterocycles. The average Bonchev–Trinajstić information content (AvgIpc) is 3.29. The zero-order valence-electron chi connectivity index (χ0n) is 14.7. The van der Waals surface area contributed by atoms with Gasteiger partial charge in [-0.1, -0.05) is 12.1 Å². The normalized spacial score (nSPS) is 14.7. The van der Waals surface area contributed by atoms with Gasteiger partial charge in [0.1, 0.15) is 12.1 Å². The number of hydrogen-bond donors (Lipinski definition) is 0. The molecule has 8 nitrogen and oxygen atoms in total. The Kier molecular flexibility index (Phi) is 3.86. The number of hydrogen-bond acceptors (Lipinski definition) is 7. The molecular weight excluding hydrogens is 340 g/mol. The Labute approximate surface area is 156 Å². The van der Waals surface area contributed by atoms with Gasteiger partial charge in [-0.25, -0.2) is 14.6 Å². The van der Waals surface area contributed by atoms with Crippen LogP contribution >= 0.6 is 0 Å². The Morgan fingerprint density at radius 3 is 2.30 bits per heavy atom. The van der Waals surface area contributed by atoms with Crippen molar-refractivity contribution in [2.24, 2.45) is 0 Å². The van der Waals surface area contributed by atoms with Crippen molar-refractivity contribution < 1.29 is 0 Å². The van der Waals surface area contributed by atoms with Crippen molar-refractivity contribution in [1.29, 1.82) is 0 Å². The van der Waals surface area contributed by atoms with Gasteiger partial charge in [-0.15, -0.1) is 10.2 Å². The van der Waals surface area contributed by atoms with E-state index in [0.29, 0.717) is 0 Å². The Bertz CT molecular complexity index is 1030. The smallest absolute Gasteiger partial charge is 0.175 e. The molecule has 4 heterocycles. The summed E-state index contributed by atoms with van der Waals surface area (Å²) in [6.45, 7) is 3.50. The van der Waals surface area contributed by atoms with E-state index in [1.165, 1.54) is 0 Å². The van der Waals surface area contributed by atoms with Crippen LogP contribution in [0.1, 0.15) is 0 Å². The molecule has 0 radical (unpaired) electrons. The minimum atomic E-state index is 0.717. The van der Waals surface area contributed by atoms with E-state index in [0.717, 1.165) is 54.5 Å². The van der Waals surface area contributed by atoms with Gasteiger partial charge >= 0.3 is 0 Å². The van der Waals surface area contributed by atoms with Gasteiger partial charge in [0, 0.05) is 44.0 Å². The molecule has 8 heteroatoms. The topological polar surface area (TPSA) is 75.9 Å². The van der Waals surface area contributed by atoms with Crippen molar-refractivity contribution in [3.63, 3.8) is 0 Å². The van der Waals surface area contributed by atoms with E-state index in [4.69, 9.17) is 0 Å². The summed E-state index contributed by atoms with van der Waals surface area (Å²) in [5.74, 6) is 2.60. The maximum Gasteiger partial charge on any atom is 0.175 e. The lowest BCUT2D eigenvalue weighted by Gasteiger charge is -2.36. The second kappa shape index (κ2) is 6.64. The lowest BCUT2D eigenvalue weighted by atomic mass is 10.2. The van der Waals surface area contributed by atoms with Crippen molar-refractivity contribution in [1.82, 2.24) is 29.9 Å². The predicted octanol–water partition coefficient (Wildman–Crippen LogP) is 1.93. The number of para-hydroxylation sites is 1. The summed E-state index contributed by atoms with van der Waals surface area (Å²) in [6, 6.07) is 13.9. The summed E-state index contributed by atoms with van der Waals surface area (Å²) < 4.78 is 1.70. The highest BCUT2D eigenvalue weighted by molar-refractivity contribution is 5.89. The SMILES string of the molecule is c1ccc2c(N3CCN(c4ccc(-n5cccn5)nn4)CC3)ncnc2c1. The van der Waals surface area contributed by atoms with Crippen LogP contribution in [0.25, 0.3) is 16.7 Å². The highest BCUT2D eigenvalue weighted by atomic mass is 15.4. The molecule has 0 unspecified atom stereocenters. The van der Waals surface area contributed by atoms with Crippen LogP contribution in [0.3, 0.4) is 0 Å². The maximum absolute atomic E-state index is 4.53. The van der Waals surface area contributed by atoms with Gasteiger partial charge in [-0.05, 0) is 30.3 Å². The first kappa shape index (κ1) is 15.7. The molecule has 1 aliphatic rings. The lowest BCUT2D eigenvalue weighted by molar-refractivity contribution is 0.638. The third kappa shape index (κ3) is 2.95. The Morgan fingerprint density at radius 1 is 0.741 bits per heavy atom. The highest BCUT2D eigenvalue weighted by Gasteiger charge is 2.21. The van der Waals surface area contributed by atoms with Gasteiger partial charge in [-0.2, -0.15) is 5.10 Å².